The van der Waals surface area contributed by atoms with Gasteiger partial charge in [-0.15, -0.1) is 0 Å². The summed E-state index contributed by atoms with van der Waals surface area (Å²) >= 11 is 0. The van der Waals surface area contributed by atoms with Gasteiger partial charge in [-0.2, -0.15) is 0 Å². The van der Waals surface area contributed by atoms with Crippen molar-refractivity contribution in [3.8, 4) is 0 Å². The first-order chi connectivity index (χ1) is 10.1. The van der Waals surface area contributed by atoms with E-state index in [1.807, 2.05) is 24.3 Å². The lowest BCUT2D eigenvalue weighted by Gasteiger charge is -2.20. The van der Waals surface area contributed by atoms with E-state index in [0.717, 1.165) is 11.1 Å². The molecule has 1 aromatic carbocycles. The molecule has 2 aromatic rings. The Morgan fingerprint density at radius 3 is 2.90 bits per heavy atom. The summed E-state index contributed by atoms with van der Waals surface area (Å²) in [4.78, 5) is 25.3. The number of carbonyl (C=O) groups excluding carboxylic acids is 1. The van der Waals surface area contributed by atoms with Crippen LogP contribution in [0.25, 0.3) is 0 Å². The topological polar surface area (TPSA) is 87.3 Å². The maximum absolute atomic E-state index is 11.3. The Labute approximate surface area is 120 Å². The number of carbonyl (C=O) groups is 1. The number of hydrogen-bond acceptors (Lipinski definition) is 5. The lowest BCUT2D eigenvalue weighted by Crippen LogP contribution is -2.25. The van der Waals surface area contributed by atoms with Crippen molar-refractivity contribution in [3.63, 3.8) is 0 Å². The average molecular weight is 287 g/mol. The summed E-state index contributed by atoms with van der Waals surface area (Å²) in [5.74, 6) is -0.589. The van der Waals surface area contributed by atoms with E-state index in [1.54, 1.807) is 4.57 Å². The molecule has 0 radical (unpaired) electrons. The monoisotopic (exact) mass is 287 g/mol. The van der Waals surface area contributed by atoms with Crippen LogP contribution in [-0.2, 0) is 16.0 Å². The molecule has 7 heteroatoms. The SMILES string of the molecule is CC(=O)OC1Cc2ccccc2C1n1cnc([N+](=O)[O-])c1. The molecular weight excluding hydrogens is 274 g/mol. The second-order valence-electron chi connectivity index (χ2n) is 4.93. The summed E-state index contributed by atoms with van der Waals surface area (Å²) in [6, 6.07) is 7.44. The Morgan fingerprint density at radius 2 is 2.24 bits per heavy atom. The fourth-order valence-corrected chi connectivity index (χ4v) is 2.78. The number of rotatable bonds is 3. The van der Waals surface area contributed by atoms with E-state index in [9.17, 15) is 14.9 Å². The van der Waals surface area contributed by atoms with Crippen LogP contribution in [0.15, 0.2) is 36.8 Å². The molecule has 21 heavy (non-hydrogen) atoms. The van der Waals surface area contributed by atoms with Gasteiger partial charge in [0.15, 0.2) is 0 Å². The second kappa shape index (κ2) is 5.01. The van der Waals surface area contributed by atoms with Crippen molar-refractivity contribution in [1.29, 1.82) is 0 Å². The Balaban J connectivity index is 2.01. The summed E-state index contributed by atoms with van der Waals surface area (Å²) in [6.07, 6.45) is 2.98. The Morgan fingerprint density at radius 1 is 1.48 bits per heavy atom. The van der Waals surface area contributed by atoms with Crippen LogP contribution < -0.4 is 0 Å². The number of nitro groups is 1. The van der Waals surface area contributed by atoms with Crippen molar-refractivity contribution in [2.75, 3.05) is 0 Å². The summed E-state index contributed by atoms with van der Waals surface area (Å²) in [6.45, 7) is 1.36. The molecule has 1 heterocycles. The molecule has 0 bridgehead atoms. The number of benzene rings is 1. The molecule has 2 atom stereocenters. The summed E-state index contributed by atoms with van der Waals surface area (Å²) in [5.41, 5.74) is 2.07. The van der Waals surface area contributed by atoms with Gasteiger partial charge < -0.3 is 14.9 Å². The standard InChI is InChI=1S/C14H13N3O4/c1-9(18)21-12-6-10-4-2-3-5-11(10)14(12)16-7-13(15-8-16)17(19)20/h2-5,7-8,12,14H,6H2,1H3. The highest BCUT2D eigenvalue weighted by Crippen LogP contribution is 2.36. The predicted octanol–water partition coefficient (Wildman–Crippen LogP) is 1.87. The maximum Gasteiger partial charge on any atom is 0.381 e. The first-order valence-electron chi connectivity index (χ1n) is 6.49. The van der Waals surface area contributed by atoms with E-state index in [-0.39, 0.29) is 23.9 Å². The highest BCUT2D eigenvalue weighted by molar-refractivity contribution is 5.66. The third-order valence-electron chi connectivity index (χ3n) is 3.56. The van der Waals surface area contributed by atoms with Gasteiger partial charge in [0.05, 0.1) is 6.04 Å². The van der Waals surface area contributed by atoms with E-state index in [4.69, 9.17) is 4.74 Å². The maximum atomic E-state index is 11.3. The van der Waals surface area contributed by atoms with E-state index in [0.29, 0.717) is 6.42 Å². The van der Waals surface area contributed by atoms with E-state index in [1.165, 1.54) is 19.4 Å². The number of esters is 1. The van der Waals surface area contributed by atoms with Crippen molar-refractivity contribution < 1.29 is 14.5 Å². The van der Waals surface area contributed by atoms with Gasteiger partial charge in [0.1, 0.15) is 12.3 Å². The molecule has 0 N–H and O–H groups in total. The minimum absolute atomic E-state index is 0.221. The third-order valence-corrected chi connectivity index (χ3v) is 3.56. The lowest BCUT2D eigenvalue weighted by atomic mass is 10.1. The fraction of sp³-hybridized carbons (Fsp3) is 0.286. The Kier molecular flexibility index (Phi) is 3.17. The summed E-state index contributed by atoms with van der Waals surface area (Å²) in [7, 11) is 0. The molecule has 1 aliphatic rings. The average Bonchev–Trinajstić information content (AvgIpc) is 3.01. The van der Waals surface area contributed by atoms with Gasteiger partial charge in [-0.1, -0.05) is 24.3 Å². The van der Waals surface area contributed by atoms with Crippen molar-refractivity contribution in [2.24, 2.45) is 0 Å². The minimum atomic E-state index is -0.543. The molecular formula is C14H13N3O4. The van der Waals surface area contributed by atoms with Gasteiger partial charge in [0.2, 0.25) is 6.33 Å². The molecule has 2 unspecified atom stereocenters. The van der Waals surface area contributed by atoms with E-state index >= 15 is 0 Å². The van der Waals surface area contributed by atoms with Crippen LogP contribution in [0.5, 0.6) is 0 Å². The Bertz CT molecular complexity index is 710. The molecule has 0 saturated heterocycles. The molecule has 108 valence electrons. The quantitative estimate of drug-likeness (QED) is 0.488. The van der Waals surface area contributed by atoms with Crippen molar-refractivity contribution in [3.05, 3.63) is 58.0 Å². The second-order valence-corrected chi connectivity index (χ2v) is 4.93. The van der Waals surface area contributed by atoms with Gasteiger partial charge in [0, 0.05) is 13.3 Å². The molecule has 0 aliphatic heterocycles. The zero-order chi connectivity index (χ0) is 15.0. The third kappa shape index (κ3) is 2.37. The number of fused-ring (bicyclic) bond motifs is 1. The summed E-state index contributed by atoms with van der Waals surface area (Å²) in [5, 5.41) is 10.8. The van der Waals surface area contributed by atoms with Crippen LogP contribution in [0.3, 0.4) is 0 Å². The van der Waals surface area contributed by atoms with E-state index < -0.39 is 4.92 Å². The van der Waals surface area contributed by atoms with Crippen LogP contribution >= 0.6 is 0 Å². The van der Waals surface area contributed by atoms with Gasteiger partial charge in [-0.25, -0.2) is 0 Å². The normalized spacial score (nSPS) is 20.0. The van der Waals surface area contributed by atoms with Crippen LogP contribution in [0.1, 0.15) is 24.1 Å². The van der Waals surface area contributed by atoms with Crippen molar-refractivity contribution in [2.45, 2.75) is 25.5 Å². The molecule has 1 aromatic heterocycles. The highest BCUT2D eigenvalue weighted by Gasteiger charge is 2.36. The molecule has 3 rings (SSSR count). The van der Waals surface area contributed by atoms with Gasteiger partial charge in [0.25, 0.3) is 0 Å². The van der Waals surface area contributed by atoms with E-state index in [2.05, 4.69) is 4.98 Å². The Hall–Kier alpha value is -2.70. The zero-order valence-electron chi connectivity index (χ0n) is 11.3. The van der Waals surface area contributed by atoms with Crippen LogP contribution in [-0.4, -0.2) is 26.5 Å². The predicted molar refractivity (Wildman–Crippen MR) is 72.7 cm³/mol. The smallest absolute Gasteiger partial charge is 0.381 e. The summed E-state index contributed by atoms with van der Waals surface area (Å²) < 4.78 is 7.01. The first-order valence-corrected chi connectivity index (χ1v) is 6.49. The number of aromatic nitrogens is 2. The van der Waals surface area contributed by atoms with Gasteiger partial charge in [-0.05, 0) is 21.0 Å². The molecule has 0 saturated carbocycles. The molecule has 0 amide bonds. The number of hydrogen-bond donors (Lipinski definition) is 0. The van der Waals surface area contributed by atoms with Crippen molar-refractivity contribution >= 4 is 11.8 Å². The number of nitrogens with zero attached hydrogens (tertiary/aromatic N) is 3. The molecule has 1 aliphatic carbocycles. The van der Waals surface area contributed by atoms with Gasteiger partial charge in [-0.3, -0.25) is 9.36 Å². The molecule has 0 fully saturated rings. The van der Waals surface area contributed by atoms with Gasteiger partial charge >= 0.3 is 11.8 Å². The highest BCUT2D eigenvalue weighted by atomic mass is 16.6. The molecule has 0 spiro atoms. The zero-order valence-corrected chi connectivity index (χ0v) is 11.3. The molecule has 7 nitrogen and oxygen atoms in total. The number of imidazole rings is 1. The van der Waals surface area contributed by atoms with Crippen LogP contribution in [0.2, 0.25) is 0 Å². The first kappa shape index (κ1) is 13.3. The lowest BCUT2D eigenvalue weighted by molar-refractivity contribution is -0.389. The van der Waals surface area contributed by atoms with Crippen molar-refractivity contribution in [1.82, 2.24) is 9.55 Å². The minimum Gasteiger partial charge on any atom is -0.460 e. The van der Waals surface area contributed by atoms with Crippen LogP contribution in [0.4, 0.5) is 5.82 Å². The van der Waals surface area contributed by atoms with Crippen LogP contribution in [0, 0.1) is 10.1 Å². The fourth-order valence-electron chi connectivity index (χ4n) is 2.78. The largest absolute Gasteiger partial charge is 0.460 e. The number of ether oxygens (including phenoxy) is 1.